The third kappa shape index (κ3) is 3.14. The highest BCUT2D eigenvalue weighted by Gasteiger charge is 2.39. The van der Waals surface area contributed by atoms with E-state index in [1.807, 2.05) is 13.8 Å². The lowest BCUT2D eigenvalue weighted by Gasteiger charge is -2.28. The number of hydrogen-bond acceptors (Lipinski definition) is 4. The number of halogens is 1. The van der Waals surface area contributed by atoms with Crippen LogP contribution in [-0.4, -0.2) is 23.1 Å². The number of aromatic nitrogens is 2. The summed E-state index contributed by atoms with van der Waals surface area (Å²) in [7, 11) is 0. The second kappa shape index (κ2) is 6.85. The fraction of sp³-hybridized carbons (Fsp3) is 0.733. The van der Waals surface area contributed by atoms with E-state index in [-0.39, 0.29) is 5.60 Å². The molecule has 1 aromatic heterocycles. The van der Waals surface area contributed by atoms with Crippen LogP contribution < -0.4 is 5.32 Å². The van der Waals surface area contributed by atoms with Crippen LogP contribution in [0.2, 0.25) is 0 Å². The zero-order chi connectivity index (χ0) is 14.6. The molecule has 1 heterocycles. The summed E-state index contributed by atoms with van der Waals surface area (Å²) in [4.78, 5) is 9.44. The van der Waals surface area contributed by atoms with E-state index in [1.54, 1.807) is 0 Å². The summed E-state index contributed by atoms with van der Waals surface area (Å²) in [5, 5.41) is 3.37. The fourth-order valence-electron chi connectivity index (χ4n) is 2.78. The van der Waals surface area contributed by atoms with Crippen LogP contribution in [0.25, 0.3) is 0 Å². The molecular weight excluding hydrogens is 318 g/mol. The van der Waals surface area contributed by atoms with Gasteiger partial charge < -0.3 is 10.1 Å². The lowest BCUT2D eigenvalue weighted by Crippen LogP contribution is -2.29. The number of nitrogens with one attached hydrogen (secondary N) is 1. The SMILES string of the molecule is CCCNc1nc(C2(OCC)CCCC2)nc(C)c1Br. The molecule has 0 spiro atoms. The molecule has 0 unspecified atom stereocenters. The number of nitrogens with zero attached hydrogens (tertiary/aromatic N) is 2. The molecule has 1 aliphatic carbocycles. The van der Waals surface area contributed by atoms with Crippen LogP contribution in [0.3, 0.4) is 0 Å². The summed E-state index contributed by atoms with van der Waals surface area (Å²) in [6.45, 7) is 7.82. The summed E-state index contributed by atoms with van der Waals surface area (Å²) in [5.74, 6) is 1.73. The first-order valence-corrected chi connectivity index (χ1v) is 8.34. The predicted molar refractivity (Wildman–Crippen MR) is 85.0 cm³/mol. The standard InChI is InChI=1S/C15H24BrN3O/c1-4-10-17-13-12(16)11(3)18-14(19-13)15(20-5-2)8-6-7-9-15/h4-10H2,1-3H3,(H,17,18,19). The molecule has 5 heteroatoms. The van der Waals surface area contributed by atoms with Gasteiger partial charge in [0.2, 0.25) is 0 Å². The van der Waals surface area contributed by atoms with Gasteiger partial charge in [-0.3, -0.25) is 0 Å². The predicted octanol–water partition coefficient (Wildman–Crippen LogP) is 4.18. The lowest BCUT2D eigenvalue weighted by molar-refractivity contribution is -0.0457. The monoisotopic (exact) mass is 341 g/mol. The molecule has 1 aliphatic rings. The minimum Gasteiger partial charge on any atom is -0.369 e. The first kappa shape index (κ1) is 15.7. The summed E-state index contributed by atoms with van der Waals surface area (Å²) in [6, 6.07) is 0. The smallest absolute Gasteiger partial charge is 0.162 e. The Labute approximate surface area is 129 Å². The Hall–Kier alpha value is -0.680. The van der Waals surface area contributed by atoms with E-state index in [4.69, 9.17) is 14.7 Å². The van der Waals surface area contributed by atoms with Crippen LogP contribution in [0.4, 0.5) is 5.82 Å². The average molecular weight is 342 g/mol. The highest BCUT2D eigenvalue weighted by Crippen LogP contribution is 2.41. The number of hydrogen-bond donors (Lipinski definition) is 1. The van der Waals surface area contributed by atoms with Crippen molar-refractivity contribution in [1.82, 2.24) is 9.97 Å². The normalized spacial score (nSPS) is 17.4. The molecule has 20 heavy (non-hydrogen) atoms. The Balaban J connectivity index is 2.37. The van der Waals surface area contributed by atoms with E-state index >= 15 is 0 Å². The molecule has 112 valence electrons. The van der Waals surface area contributed by atoms with E-state index in [1.165, 1.54) is 12.8 Å². The maximum Gasteiger partial charge on any atom is 0.162 e. The van der Waals surface area contributed by atoms with Gasteiger partial charge in [0, 0.05) is 13.2 Å². The third-order valence-corrected chi connectivity index (χ3v) is 4.75. The molecule has 0 aliphatic heterocycles. The van der Waals surface area contributed by atoms with Gasteiger partial charge in [0.15, 0.2) is 5.82 Å². The fourth-order valence-corrected chi connectivity index (χ4v) is 3.10. The van der Waals surface area contributed by atoms with Crippen LogP contribution in [0.5, 0.6) is 0 Å². The molecular formula is C15H24BrN3O. The van der Waals surface area contributed by atoms with Gasteiger partial charge in [0.25, 0.3) is 0 Å². The van der Waals surface area contributed by atoms with Gasteiger partial charge in [-0.25, -0.2) is 9.97 Å². The van der Waals surface area contributed by atoms with Crippen molar-refractivity contribution in [2.45, 2.75) is 58.5 Å². The molecule has 1 saturated carbocycles. The molecule has 2 rings (SSSR count). The Morgan fingerprint density at radius 3 is 2.55 bits per heavy atom. The summed E-state index contributed by atoms with van der Waals surface area (Å²) < 4.78 is 7.02. The van der Waals surface area contributed by atoms with Crippen molar-refractivity contribution in [2.24, 2.45) is 0 Å². The van der Waals surface area contributed by atoms with Crippen molar-refractivity contribution in [1.29, 1.82) is 0 Å². The molecule has 0 radical (unpaired) electrons. The van der Waals surface area contributed by atoms with E-state index < -0.39 is 0 Å². The quantitative estimate of drug-likeness (QED) is 0.843. The Bertz CT molecular complexity index is 459. The summed E-state index contributed by atoms with van der Waals surface area (Å²) >= 11 is 3.58. The first-order chi connectivity index (χ1) is 9.63. The van der Waals surface area contributed by atoms with Crippen molar-refractivity contribution in [3.63, 3.8) is 0 Å². The highest BCUT2D eigenvalue weighted by atomic mass is 79.9. The average Bonchev–Trinajstić information content (AvgIpc) is 2.90. The van der Waals surface area contributed by atoms with Gasteiger partial charge in [-0.05, 0) is 61.9 Å². The van der Waals surface area contributed by atoms with Gasteiger partial charge in [0.05, 0.1) is 10.2 Å². The molecule has 0 atom stereocenters. The zero-order valence-corrected chi connectivity index (χ0v) is 14.2. The molecule has 0 aromatic carbocycles. The molecule has 0 bridgehead atoms. The van der Waals surface area contributed by atoms with Gasteiger partial charge in [-0.2, -0.15) is 0 Å². The second-order valence-corrected chi connectivity index (χ2v) is 6.15. The largest absolute Gasteiger partial charge is 0.369 e. The first-order valence-electron chi connectivity index (χ1n) is 7.55. The van der Waals surface area contributed by atoms with E-state index in [0.717, 1.165) is 47.6 Å². The van der Waals surface area contributed by atoms with Crippen LogP contribution in [0, 0.1) is 6.92 Å². The van der Waals surface area contributed by atoms with Crippen molar-refractivity contribution >= 4 is 21.7 Å². The van der Waals surface area contributed by atoms with Gasteiger partial charge in [0.1, 0.15) is 11.4 Å². The number of aryl methyl sites for hydroxylation is 1. The van der Waals surface area contributed by atoms with Crippen molar-refractivity contribution in [3.05, 3.63) is 16.0 Å². The van der Waals surface area contributed by atoms with Crippen LogP contribution in [0.1, 0.15) is 57.5 Å². The Morgan fingerprint density at radius 1 is 1.25 bits per heavy atom. The maximum absolute atomic E-state index is 6.06. The van der Waals surface area contributed by atoms with Crippen LogP contribution >= 0.6 is 15.9 Å². The Morgan fingerprint density at radius 2 is 1.95 bits per heavy atom. The number of ether oxygens (including phenoxy) is 1. The molecule has 0 amide bonds. The van der Waals surface area contributed by atoms with Crippen LogP contribution in [-0.2, 0) is 10.3 Å². The molecule has 4 nitrogen and oxygen atoms in total. The molecule has 1 fully saturated rings. The second-order valence-electron chi connectivity index (χ2n) is 5.36. The minimum absolute atomic E-state index is 0.275. The van der Waals surface area contributed by atoms with Gasteiger partial charge >= 0.3 is 0 Å². The summed E-state index contributed by atoms with van der Waals surface area (Å²) in [6.07, 6.45) is 5.50. The van der Waals surface area contributed by atoms with Gasteiger partial charge in [-0.15, -0.1) is 0 Å². The molecule has 1 aromatic rings. The van der Waals surface area contributed by atoms with E-state index in [2.05, 4.69) is 28.2 Å². The maximum atomic E-state index is 6.06. The Kier molecular flexibility index (Phi) is 5.38. The van der Waals surface area contributed by atoms with Crippen molar-refractivity contribution in [3.8, 4) is 0 Å². The van der Waals surface area contributed by atoms with Crippen LogP contribution in [0.15, 0.2) is 4.47 Å². The van der Waals surface area contributed by atoms with E-state index in [9.17, 15) is 0 Å². The van der Waals surface area contributed by atoms with E-state index in [0.29, 0.717) is 6.61 Å². The topological polar surface area (TPSA) is 47.0 Å². The molecule has 0 saturated heterocycles. The minimum atomic E-state index is -0.275. The molecule has 1 N–H and O–H groups in total. The third-order valence-electron chi connectivity index (χ3n) is 3.80. The highest BCUT2D eigenvalue weighted by molar-refractivity contribution is 9.10. The number of rotatable bonds is 6. The van der Waals surface area contributed by atoms with Crippen molar-refractivity contribution in [2.75, 3.05) is 18.5 Å². The number of anilines is 1. The van der Waals surface area contributed by atoms with Crippen molar-refractivity contribution < 1.29 is 4.74 Å². The van der Waals surface area contributed by atoms with Gasteiger partial charge in [-0.1, -0.05) is 6.92 Å². The zero-order valence-electron chi connectivity index (χ0n) is 12.6. The summed E-state index contributed by atoms with van der Waals surface area (Å²) in [5.41, 5.74) is 0.697. The lowest BCUT2D eigenvalue weighted by atomic mass is 10.0.